The molecule has 5 N–H and O–H groups in total. The van der Waals surface area contributed by atoms with E-state index < -0.39 is 41.1 Å². The molecule has 1 fully saturated rings. The number of carbonyl (C=O) groups excluding carboxylic acids is 3. The minimum absolute atomic E-state index is 0.0384. The van der Waals surface area contributed by atoms with Crippen LogP contribution >= 0.6 is 11.6 Å². The molecule has 0 aliphatic heterocycles. The molecule has 2 atom stereocenters. The second-order valence-electron chi connectivity index (χ2n) is 14.2. The topological polar surface area (TPSA) is 178 Å². The van der Waals surface area contributed by atoms with Crippen molar-refractivity contribution in [3.05, 3.63) is 92.9 Å². The molecule has 0 spiro atoms. The molecule has 0 unspecified atom stereocenters. The van der Waals surface area contributed by atoms with Crippen LogP contribution in [0, 0.1) is 12.8 Å². The molecule has 2 aliphatic rings. The summed E-state index contributed by atoms with van der Waals surface area (Å²) in [7, 11) is 0. The number of anilines is 1. The van der Waals surface area contributed by atoms with E-state index in [0.29, 0.717) is 35.2 Å². The number of carbonyl (C=O) groups is 4. The first kappa shape index (κ1) is 37.4. The van der Waals surface area contributed by atoms with Gasteiger partial charge in [-0.15, -0.1) is 0 Å². The molecule has 2 aromatic heterocycles. The predicted octanol–water partition coefficient (Wildman–Crippen LogP) is 6.93. The molecule has 270 valence electrons. The van der Waals surface area contributed by atoms with E-state index in [4.69, 9.17) is 22.1 Å². The molecule has 2 heterocycles. The van der Waals surface area contributed by atoms with Crippen molar-refractivity contribution >= 4 is 46.7 Å². The minimum Gasteiger partial charge on any atom is -0.477 e. The van der Waals surface area contributed by atoms with Crippen LogP contribution in [0.15, 0.2) is 48.7 Å². The highest BCUT2D eigenvalue weighted by atomic mass is 35.5. The first-order valence-electron chi connectivity index (χ1n) is 17.2. The van der Waals surface area contributed by atoms with Crippen LogP contribution < -0.4 is 16.4 Å². The molecule has 6 rings (SSSR count). The molecule has 4 aromatic rings. The Kier molecular flexibility index (Phi) is 11.5. The minimum atomic E-state index is -1.37. The number of ether oxygens (including phenoxy) is 1. The Morgan fingerprint density at radius 1 is 1.02 bits per heavy atom. The fourth-order valence-corrected chi connectivity index (χ4v) is 6.81. The number of benzene rings is 2. The third-order valence-corrected chi connectivity index (χ3v) is 9.63. The first-order valence-corrected chi connectivity index (χ1v) is 17.6. The van der Waals surface area contributed by atoms with Crippen molar-refractivity contribution < 1.29 is 29.0 Å². The highest BCUT2D eigenvalue weighted by molar-refractivity contribution is 6.34. The molecule has 2 aromatic carbocycles. The van der Waals surface area contributed by atoms with Crippen molar-refractivity contribution in [2.24, 2.45) is 11.7 Å². The average Bonchev–Trinajstić information content (AvgIpc) is 3.70. The summed E-state index contributed by atoms with van der Waals surface area (Å²) in [4.78, 5) is 55.3. The van der Waals surface area contributed by atoms with Crippen LogP contribution in [0.2, 0.25) is 5.02 Å². The molecule has 12 nitrogen and oxygen atoms in total. The summed E-state index contributed by atoms with van der Waals surface area (Å²) in [5.74, 6) is -2.18. The molecule has 0 bridgehead atoms. The number of nitrogens with one attached hydrogen (secondary N) is 2. The predicted molar refractivity (Wildman–Crippen MR) is 194 cm³/mol. The van der Waals surface area contributed by atoms with Crippen molar-refractivity contribution in [1.82, 2.24) is 19.9 Å². The lowest BCUT2D eigenvalue weighted by Gasteiger charge is -2.24. The Morgan fingerprint density at radius 2 is 1.73 bits per heavy atom. The number of para-hydroxylation sites is 1. The van der Waals surface area contributed by atoms with E-state index in [-0.39, 0.29) is 16.9 Å². The van der Waals surface area contributed by atoms with Crippen LogP contribution in [0.3, 0.4) is 0 Å². The molecule has 13 heteroatoms. The van der Waals surface area contributed by atoms with E-state index >= 15 is 0 Å². The van der Waals surface area contributed by atoms with E-state index in [9.17, 15) is 24.3 Å². The third kappa shape index (κ3) is 8.74. The van der Waals surface area contributed by atoms with E-state index in [1.54, 1.807) is 57.2 Å². The summed E-state index contributed by atoms with van der Waals surface area (Å²) in [5, 5.41) is 19.8. The zero-order valence-corrected chi connectivity index (χ0v) is 30.3. The van der Waals surface area contributed by atoms with Crippen molar-refractivity contribution in [3.63, 3.8) is 0 Å². The number of amides is 2. The fraction of sp³-hybridized carbons (Fsp3) is 0.421. The van der Waals surface area contributed by atoms with Gasteiger partial charge in [-0.25, -0.2) is 19.1 Å². The highest BCUT2D eigenvalue weighted by Gasteiger charge is 2.30. The standard InChI is InChI=1S/C30H28ClN5O6.C8H17N/c1-15-16-11-12-21(18(16)10-9-17(15)29(41)42-30(2,3)4)34-27(38)24-13-23(28(39)40)33-25-19(14-32-36(24)25)26(37)35-22-8-6-5-7-20(22)31;1-7(9)8-5-3-2-4-6-8/h5-10,13-14,21H,11-12H2,1-4H3,(H,34,38)(H,35,37)(H,39,40);7-8H,2-6,9H2,1H3/t21-;7-/m00/s1. The molecule has 2 aliphatic carbocycles. The largest absolute Gasteiger partial charge is 0.477 e. The highest BCUT2D eigenvalue weighted by Crippen LogP contribution is 2.35. The van der Waals surface area contributed by atoms with E-state index in [2.05, 4.69) is 27.6 Å². The van der Waals surface area contributed by atoms with Gasteiger partial charge in [0, 0.05) is 12.1 Å². The van der Waals surface area contributed by atoms with Gasteiger partial charge in [-0.3, -0.25) is 9.59 Å². The Morgan fingerprint density at radius 3 is 2.35 bits per heavy atom. The molecule has 1 saturated carbocycles. The Labute approximate surface area is 302 Å². The molecular formula is C38H45ClN6O6. The normalized spacial score (nSPS) is 16.4. The lowest BCUT2D eigenvalue weighted by atomic mass is 9.85. The summed E-state index contributed by atoms with van der Waals surface area (Å²) in [6, 6.07) is 11.3. The second-order valence-corrected chi connectivity index (χ2v) is 14.6. The number of esters is 1. The molecule has 51 heavy (non-hydrogen) atoms. The van der Waals surface area contributed by atoms with Gasteiger partial charge in [0.05, 0.1) is 28.5 Å². The monoisotopic (exact) mass is 716 g/mol. The summed E-state index contributed by atoms with van der Waals surface area (Å²) in [6.45, 7) is 9.40. The summed E-state index contributed by atoms with van der Waals surface area (Å²) in [6.07, 6.45) is 9.41. The van der Waals surface area contributed by atoms with Crippen molar-refractivity contribution in [3.8, 4) is 0 Å². The fourth-order valence-electron chi connectivity index (χ4n) is 6.62. The quantitative estimate of drug-likeness (QED) is 0.148. The summed E-state index contributed by atoms with van der Waals surface area (Å²) >= 11 is 6.15. The number of fused-ring (bicyclic) bond motifs is 2. The van der Waals surface area contributed by atoms with Crippen LogP contribution in [0.4, 0.5) is 5.69 Å². The maximum atomic E-state index is 13.5. The molecular weight excluding hydrogens is 672 g/mol. The van der Waals surface area contributed by atoms with Gasteiger partial charge in [0.15, 0.2) is 11.3 Å². The number of nitrogens with zero attached hydrogens (tertiary/aromatic N) is 3. The zero-order chi connectivity index (χ0) is 37.0. The Hall–Kier alpha value is -4.81. The maximum absolute atomic E-state index is 13.5. The van der Waals surface area contributed by atoms with Crippen molar-refractivity contribution in [2.75, 3.05) is 5.32 Å². The van der Waals surface area contributed by atoms with Gasteiger partial charge in [0.2, 0.25) is 0 Å². The number of rotatable bonds is 7. The SMILES string of the molecule is C[C@H](N)C1CCCCC1.Cc1c(C(=O)OC(C)(C)C)ccc2c1CC[C@@H]2NC(=O)c1cc(C(=O)O)nc2c(C(=O)Nc3ccccc3Cl)cnn12. The van der Waals surface area contributed by atoms with Crippen LogP contribution in [0.1, 0.15) is 131 Å². The zero-order valence-electron chi connectivity index (χ0n) is 29.6. The van der Waals surface area contributed by atoms with Gasteiger partial charge in [0.25, 0.3) is 11.8 Å². The van der Waals surface area contributed by atoms with Crippen molar-refractivity contribution in [1.29, 1.82) is 0 Å². The van der Waals surface area contributed by atoms with Gasteiger partial charge < -0.3 is 26.2 Å². The third-order valence-electron chi connectivity index (χ3n) is 9.30. The number of carboxylic acids is 1. The molecule has 0 saturated heterocycles. The lowest BCUT2D eigenvalue weighted by molar-refractivity contribution is 0.00681. The Balaban J connectivity index is 0.000000488. The lowest BCUT2D eigenvalue weighted by Crippen LogP contribution is -2.30. The van der Waals surface area contributed by atoms with Gasteiger partial charge in [-0.1, -0.05) is 49.1 Å². The van der Waals surface area contributed by atoms with E-state index in [0.717, 1.165) is 33.2 Å². The maximum Gasteiger partial charge on any atom is 0.354 e. The second kappa shape index (κ2) is 15.6. The summed E-state index contributed by atoms with van der Waals surface area (Å²) in [5.41, 5.74) is 7.88. The molecule has 0 radical (unpaired) electrons. The number of hydrogen-bond donors (Lipinski definition) is 4. The number of hydrogen-bond acceptors (Lipinski definition) is 8. The number of aromatic carboxylic acids is 1. The van der Waals surface area contributed by atoms with Crippen LogP contribution in [-0.2, 0) is 11.2 Å². The van der Waals surface area contributed by atoms with E-state index in [1.807, 2.05) is 6.92 Å². The smallest absolute Gasteiger partial charge is 0.354 e. The van der Waals surface area contributed by atoms with Gasteiger partial charge in [0.1, 0.15) is 16.9 Å². The number of aromatic nitrogens is 3. The van der Waals surface area contributed by atoms with Crippen LogP contribution in [0.25, 0.3) is 5.65 Å². The first-order chi connectivity index (χ1) is 24.1. The van der Waals surface area contributed by atoms with Crippen molar-refractivity contribution in [2.45, 2.75) is 97.2 Å². The number of carboxylic acid groups (broad SMARTS) is 1. The number of nitrogens with two attached hydrogens (primary N) is 1. The van der Waals surface area contributed by atoms with Crippen LogP contribution in [0.5, 0.6) is 0 Å². The van der Waals surface area contributed by atoms with Crippen LogP contribution in [-0.4, -0.2) is 55.1 Å². The van der Waals surface area contributed by atoms with Gasteiger partial charge in [-0.2, -0.15) is 5.10 Å². The average molecular weight is 717 g/mol. The number of halogens is 1. The summed E-state index contributed by atoms with van der Waals surface area (Å²) < 4.78 is 6.67. The van der Waals surface area contributed by atoms with Gasteiger partial charge in [-0.05, 0) is 101 Å². The Bertz CT molecular complexity index is 1960. The van der Waals surface area contributed by atoms with Gasteiger partial charge >= 0.3 is 11.9 Å². The molecule has 2 amide bonds. The van der Waals surface area contributed by atoms with E-state index in [1.165, 1.54) is 38.3 Å².